The molecule has 1 saturated heterocycles. The summed E-state index contributed by atoms with van der Waals surface area (Å²) >= 11 is 6.54. The standard InChI is InChI=1S/C23H22ClN3O4/c1-30-16-11-9-15(10-12-16)18-8-5-13-26(18)20-14-25-27(22(28)21(20)24)19-7-4-3-6-17(19)23(29)31-2/h3-4,6-7,9-12,14,18H,5,8,13H2,1-2H3/t18-/m1/s1. The molecule has 0 bridgehead atoms. The van der Waals surface area contributed by atoms with Crippen LogP contribution in [0.3, 0.4) is 0 Å². The van der Waals surface area contributed by atoms with Crippen molar-refractivity contribution in [3.05, 3.63) is 81.2 Å². The van der Waals surface area contributed by atoms with Crippen LogP contribution >= 0.6 is 11.6 Å². The molecule has 0 N–H and O–H groups in total. The first-order valence-electron chi connectivity index (χ1n) is 9.91. The average Bonchev–Trinajstić information content (AvgIpc) is 3.30. The molecule has 31 heavy (non-hydrogen) atoms. The van der Waals surface area contributed by atoms with Crippen molar-refractivity contribution in [1.29, 1.82) is 0 Å². The Hall–Kier alpha value is -3.32. The van der Waals surface area contributed by atoms with Crippen molar-refractivity contribution in [2.75, 3.05) is 25.7 Å². The zero-order chi connectivity index (χ0) is 22.0. The summed E-state index contributed by atoms with van der Waals surface area (Å²) in [6.45, 7) is 0.764. The molecule has 1 aliphatic rings. The number of benzene rings is 2. The Morgan fingerprint density at radius 2 is 1.84 bits per heavy atom. The van der Waals surface area contributed by atoms with Crippen LogP contribution in [0.5, 0.6) is 5.75 Å². The van der Waals surface area contributed by atoms with Gasteiger partial charge < -0.3 is 14.4 Å². The third kappa shape index (κ3) is 3.88. The molecule has 160 valence electrons. The van der Waals surface area contributed by atoms with Gasteiger partial charge in [0, 0.05) is 6.54 Å². The van der Waals surface area contributed by atoms with Gasteiger partial charge in [0.1, 0.15) is 10.8 Å². The summed E-state index contributed by atoms with van der Waals surface area (Å²) in [4.78, 5) is 27.3. The molecule has 1 fully saturated rings. The minimum atomic E-state index is -0.552. The maximum absolute atomic E-state index is 13.1. The first-order valence-corrected chi connectivity index (χ1v) is 10.3. The van der Waals surface area contributed by atoms with E-state index in [-0.39, 0.29) is 16.6 Å². The highest BCUT2D eigenvalue weighted by Gasteiger charge is 2.29. The molecule has 2 aromatic carbocycles. The van der Waals surface area contributed by atoms with Gasteiger partial charge >= 0.3 is 5.97 Å². The lowest BCUT2D eigenvalue weighted by atomic mass is 10.0. The lowest BCUT2D eigenvalue weighted by Gasteiger charge is -2.28. The summed E-state index contributed by atoms with van der Waals surface area (Å²) < 4.78 is 11.2. The minimum absolute atomic E-state index is 0.0649. The van der Waals surface area contributed by atoms with E-state index in [2.05, 4.69) is 10.00 Å². The third-order valence-electron chi connectivity index (χ3n) is 5.50. The van der Waals surface area contributed by atoms with Crippen molar-refractivity contribution in [2.45, 2.75) is 18.9 Å². The Morgan fingerprint density at radius 1 is 1.10 bits per heavy atom. The van der Waals surface area contributed by atoms with Crippen LogP contribution in [0.2, 0.25) is 5.02 Å². The molecule has 8 heteroatoms. The quantitative estimate of drug-likeness (QED) is 0.559. The number of aromatic nitrogens is 2. The maximum Gasteiger partial charge on any atom is 0.340 e. The van der Waals surface area contributed by atoms with Crippen LogP contribution in [0.25, 0.3) is 5.69 Å². The molecule has 3 aromatic rings. The van der Waals surface area contributed by atoms with Crippen LogP contribution < -0.4 is 15.2 Å². The second-order valence-electron chi connectivity index (χ2n) is 7.19. The summed E-state index contributed by atoms with van der Waals surface area (Å²) in [5.41, 5.74) is 1.77. The zero-order valence-electron chi connectivity index (χ0n) is 17.2. The van der Waals surface area contributed by atoms with Crippen molar-refractivity contribution in [3.8, 4) is 11.4 Å². The van der Waals surface area contributed by atoms with E-state index in [1.165, 1.54) is 7.11 Å². The normalized spacial score (nSPS) is 15.7. The Labute approximate surface area is 184 Å². The van der Waals surface area contributed by atoms with E-state index in [1.807, 2.05) is 24.3 Å². The Balaban J connectivity index is 1.72. The van der Waals surface area contributed by atoms with Crippen LogP contribution in [0, 0.1) is 0 Å². The van der Waals surface area contributed by atoms with Gasteiger partial charge in [0.05, 0.1) is 43.4 Å². The number of rotatable bonds is 5. The number of esters is 1. The zero-order valence-corrected chi connectivity index (χ0v) is 18.0. The van der Waals surface area contributed by atoms with E-state index >= 15 is 0 Å². The second-order valence-corrected chi connectivity index (χ2v) is 7.57. The SMILES string of the molecule is COC(=O)c1ccccc1-n1ncc(N2CCC[C@@H]2c2ccc(OC)cc2)c(Cl)c1=O. The molecule has 1 atom stereocenters. The molecule has 7 nitrogen and oxygen atoms in total. The van der Waals surface area contributed by atoms with Crippen molar-refractivity contribution in [3.63, 3.8) is 0 Å². The summed E-state index contributed by atoms with van der Waals surface area (Å²) in [5, 5.41) is 4.40. The largest absolute Gasteiger partial charge is 0.497 e. The van der Waals surface area contributed by atoms with Crippen LogP contribution in [-0.4, -0.2) is 36.5 Å². The second kappa shape index (κ2) is 8.81. The van der Waals surface area contributed by atoms with Gasteiger partial charge in [0.15, 0.2) is 0 Å². The minimum Gasteiger partial charge on any atom is -0.497 e. The smallest absolute Gasteiger partial charge is 0.340 e. The summed E-state index contributed by atoms with van der Waals surface area (Å²) in [7, 11) is 2.92. The highest BCUT2D eigenvalue weighted by atomic mass is 35.5. The van der Waals surface area contributed by atoms with Gasteiger partial charge in [-0.1, -0.05) is 35.9 Å². The fraction of sp³-hybridized carbons (Fsp3) is 0.261. The number of hydrogen-bond donors (Lipinski definition) is 0. The number of carbonyl (C=O) groups excluding carboxylic acids is 1. The van der Waals surface area contributed by atoms with Crippen LogP contribution in [0.4, 0.5) is 5.69 Å². The third-order valence-corrected chi connectivity index (χ3v) is 5.86. The lowest BCUT2D eigenvalue weighted by molar-refractivity contribution is 0.0600. The highest BCUT2D eigenvalue weighted by Crippen LogP contribution is 2.38. The first-order chi connectivity index (χ1) is 15.0. The van der Waals surface area contributed by atoms with E-state index < -0.39 is 11.5 Å². The van der Waals surface area contributed by atoms with E-state index in [0.29, 0.717) is 11.4 Å². The predicted octanol–water partition coefficient (Wildman–Crippen LogP) is 4.02. The molecular weight excluding hydrogens is 418 g/mol. The van der Waals surface area contributed by atoms with Crippen LogP contribution in [0.15, 0.2) is 59.5 Å². The van der Waals surface area contributed by atoms with Crippen molar-refractivity contribution >= 4 is 23.3 Å². The van der Waals surface area contributed by atoms with E-state index in [0.717, 1.165) is 35.4 Å². The number of halogens is 1. The van der Waals surface area contributed by atoms with Crippen molar-refractivity contribution in [1.82, 2.24) is 9.78 Å². The number of para-hydroxylation sites is 1. The number of ether oxygens (including phenoxy) is 2. The van der Waals surface area contributed by atoms with Gasteiger partial charge in [0.25, 0.3) is 5.56 Å². The Bertz CT molecular complexity index is 1160. The van der Waals surface area contributed by atoms with Crippen LogP contribution in [-0.2, 0) is 4.74 Å². The van der Waals surface area contributed by atoms with Crippen LogP contribution in [0.1, 0.15) is 34.8 Å². The first kappa shape index (κ1) is 20.9. The fourth-order valence-electron chi connectivity index (χ4n) is 3.96. The summed E-state index contributed by atoms with van der Waals surface area (Å²) in [6.07, 6.45) is 3.50. The number of methoxy groups -OCH3 is 2. The topological polar surface area (TPSA) is 73.7 Å². The molecule has 4 rings (SSSR count). The number of hydrogen-bond acceptors (Lipinski definition) is 6. The van der Waals surface area contributed by atoms with Gasteiger partial charge in [-0.15, -0.1) is 0 Å². The Kier molecular flexibility index (Phi) is 5.95. The highest BCUT2D eigenvalue weighted by molar-refractivity contribution is 6.33. The van der Waals surface area contributed by atoms with E-state index in [9.17, 15) is 9.59 Å². The van der Waals surface area contributed by atoms with Crippen molar-refractivity contribution < 1.29 is 14.3 Å². The number of nitrogens with zero attached hydrogens (tertiary/aromatic N) is 3. The maximum atomic E-state index is 13.1. The van der Waals surface area contributed by atoms with Gasteiger partial charge in [-0.25, -0.2) is 4.79 Å². The molecule has 0 unspecified atom stereocenters. The molecule has 0 saturated carbocycles. The summed E-state index contributed by atoms with van der Waals surface area (Å²) in [6, 6.07) is 14.6. The number of carbonyl (C=O) groups is 1. The number of anilines is 1. The monoisotopic (exact) mass is 439 g/mol. The average molecular weight is 440 g/mol. The Morgan fingerprint density at radius 3 is 2.55 bits per heavy atom. The molecule has 2 heterocycles. The fourth-order valence-corrected chi connectivity index (χ4v) is 4.20. The summed E-state index contributed by atoms with van der Waals surface area (Å²) in [5.74, 6) is 0.239. The van der Waals surface area contributed by atoms with E-state index in [4.69, 9.17) is 21.1 Å². The molecular formula is C23H22ClN3O4. The lowest BCUT2D eigenvalue weighted by Crippen LogP contribution is -2.29. The molecule has 0 aliphatic carbocycles. The predicted molar refractivity (Wildman–Crippen MR) is 118 cm³/mol. The van der Waals surface area contributed by atoms with Gasteiger partial charge in [-0.2, -0.15) is 9.78 Å². The molecule has 1 aliphatic heterocycles. The van der Waals surface area contributed by atoms with E-state index in [1.54, 1.807) is 37.6 Å². The van der Waals surface area contributed by atoms with Gasteiger partial charge in [0.2, 0.25) is 0 Å². The molecule has 0 spiro atoms. The van der Waals surface area contributed by atoms with Crippen molar-refractivity contribution in [2.24, 2.45) is 0 Å². The van der Waals surface area contributed by atoms with Gasteiger partial charge in [-0.05, 0) is 42.7 Å². The molecule has 0 radical (unpaired) electrons. The molecule has 0 amide bonds. The molecule has 1 aromatic heterocycles. The van der Waals surface area contributed by atoms with Gasteiger partial charge in [-0.3, -0.25) is 4.79 Å².